The maximum absolute atomic E-state index is 12.9. The van der Waals surface area contributed by atoms with Gasteiger partial charge < -0.3 is 9.88 Å². The number of aromatic nitrogens is 1. The number of para-hydroxylation sites is 1. The Bertz CT molecular complexity index is 625. The Kier molecular flexibility index (Phi) is 3.21. The molecule has 1 aliphatic carbocycles. The zero-order valence-electron chi connectivity index (χ0n) is 12.3. The molecule has 3 heteroatoms. The van der Waals surface area contributed by atoms with Crippen LogP contribution in [0.4, 0.5) is 0 Å². The van der Waals surface area contributed by atoms with Crippen molar-refractivity contribution >= 4 is 16.8 Å². The molecule has 1 amide bonds. The van der Waals surface area contributed by atoms with Crippen LogP contribution in [0.25, 0.3) is 10.9 Å². The fourth-order valence-corrected chi connectivity index (χ4v) is 4.22. The van der Waals surface area contributed by atoms with Gasteiger partial charge in [0.15, 0.2) is 0 Å². The number of carbonyl (C=O) groups is 1. The number of benzene rings is 1. The van der Waals surface area contributed by atoms with Gasteiger partial charge >= 0.3 is 0 Å². The molecule has 0 spiro atoms. The van der Waals surface area contributed by atoms with E-state index in [0.29, 0.717) is 6.04 Å². The fraction of sp³-hybridized carbons (Fsp3) is 0.500. The predicted octanol–water partition coefficient (Wildman–Crippen LogP) is 3.96. The number of likely N-dealkylation sites (tertiary alicyclic amines) is 1. The second-order valence-electron chi connectivity index (χ2n) is 6.52. The first-order chi connectivity index (χ1) is 10.3. The van der Waals surface area contributed by atoms with E-state index in [9.17, 15) is 4.79 Å². The topological polar surface area (TPSA) is 36.1 Å². The van der Waals surface area contributed by atoms with Crippen LogP contribution in [0.1, 0.15) is 49.0 Å². The van der Waals surface area contributed by atoms with Crippen LogP contribution >= 0.6 is 0 Å². The van der Waals surface area contributed by atoms with E-state index in [1.807, 2.05) is 24.3 Å². The Morgan fingerprint density at radius 1 is 1.10 bits per heavy atom. The average molecular weight is 282 g/mol. The summed E-state index contributed by atoms with van der Waals surface area (Å²) < 4.78 is 0. The average Bonchev–Trinajstić information content (AvgIpc) is 2.97. The molecular weight excluding hydrogens is 260 g/mol. The largest absolute Gasteiger partial charge is 0.351 e. The molecule has 4 rings (SSSR count). The van der Waals surface area contributed by atoms with Gasteiger partial charge in [-0.2, -0.15) is 0 Å². The van der Waals surface area contributed by atoms with E-state index >= 15 is 0 Å². The summed E-state index contributed by atoms with van der Waals surface area (Å²) in [6.07, 6.45) is 7.58. The van der Waals surface area contributed by atoms with Crippen LogP contribution in [0.2, 0.25) is 0 Å². The number of nitrogens with zero attached hydrogens (tertiary/aromatic N) is 1. The Hall–Kier alpha value is -1.77. The number of rotatable bonds is 1. The Morgan fingerprint density at radius 3 is 2.81 bits per heavy atom. The van der Waals surface area contributed by atoms with Gasteiger partial charge in [-0.1, -0.05) is 31.0 Å². The van der Waals surface area contributed by atoms with Crippen LogP contribution in [-0.2, 0) is 0 Å². The summed E-state index contributed by atoms with van der Waals surface area (Å²) in [5.74, 6) is 0.934. The highest BCUT2D eigenvalue weighted by atomic mass is 16.2. The highest BCUT2D eigenvalue weighted by molar-refractivity contribution is 5.98. The van der Waals surface area contributed by atoms with E-state index in [-0.39, 0.29) is 5.91 Å². The predicted molar refractivity (Wildman–Crippen MR) is 84.3 cm³/mol. The maximum atomic E-state index is 12.9. The van der Waals surface area contributed by atoms with Crippen LogP contribution < -0.4 is 0 Å². The lowest BCUT2D eigenvalue weighted by atomic mass is 9.78. The Balaban J connectivity index is 1.63. The molecule has 1 aromatic heterocycles. The van der Waals surface area contributed by atoms with E-state index in [0.717, 1.165) is 35.5 Å². The van der Waals surface area contributed by atoms with E-state index < -0.39 is 0 Å². The van der Waals surface area contributed by atoms with Crippen LogP contribution in [0.15, 0.2) is 30.3 Å². The number of aromatic amines is 1. The van der Waals surface area contributed by atoms with Gasteiger partial charge in [0.25, 0.3) is 5.91 Å². The zero-order valence-corrected chi connectivity index (χ0v) is 12.3. The highest BCUT2D eigenvalue weighted by Crippen LogP contribution is 2.36. The highest BCUT2D eigenvalue weighted by Gasteiger charge is 2.36. The molecule has 0 unspecified atom stereocenters. The molecule has 2 aromatic rings. The molecule has 2 heterocycles. The summed E-state index contributed by atoms with van der Waals surface area (Å²) in [7, 11) is 0. The van der Waals surface area contributed by atoms with Crippen molar-refractivity contribution in [3.8, 4) is 0 Å². The Morgan fingerprint density at radius 2 is 1.90 bits per heavy atom. The lowest BCUT2D eigenvalue weighted by Gasteiger charge is -2.44. The molecular formula is C18H22N2O. The molecule has 2 fully saturated rings. The van der Waals surface area contributed by atoms with Gasteiger partial charge in [0.1, 0.15) is 5.69 Å². The molecule has 21 heavy (non-hydrogen) atoms. The smallest absolute Gasteiger partial charge is 0.270 e. The molecule has 2 aliphatic rings. The number of fused-ring (bicyclic) bond motifs is 2. The minimum absolute atomic E-state index is 0.197. The van der Waals surface area contributed by atoms with Gasteiger partial charge in [-0.25, -0.2) is 0 Å². The summed E-state index contributed by atoms with van der Waals surface area (Å²) in [5.41, 5.74) is 1.81. The number of carbonyl (C=O) groups excluding carboxylic acids is 1. The monoisotopic (exact) mass is 282 g/mol. The normalized spacial score (nSPS) is 25.8. The SMILES string of the molecule is O=C(c1cc2ccccc2[nH]1)N1CCC[C@@H]2CCCC[C@@H]21. The molecule has 1 aliphatic heterocycles. The lowest BCUT2D eigenvalue weighted by molar-refractivity contribution is 0.0386. The number of H-pyrrole nitrogens is 1. The van der Waals surface area contributed by atoms with Gasteiger partial charge in [-0.15, -0.1) is 0 Å². The second-order valence-corrected chi connectivity index (χ2v) is 6.52. The van der Waals surface area contributed by atoms with Crippen LogP contribution in [0, 0.1) is 5.92 Å². The first kappa shape index (κ1) is 12.9. The minimum atomic E-state index is 0.197. The van der Waals surface area contributed by atoms with Gasteiger partial charge in [-0.3, -0.25) is 4.79 Å². The van der Waals surface area contributed by atoms with Crippen molar-refractivity contribution < 1.29 is 4.79 Å². The standard InChI is InChI=1S/C18H22N2O/c21-18(16-12-14-7-1-3-9-15(14)19-16)20-11-5-8-13-6-2-4-10-17(13)20/h1,3,7,9,12-13,17,19H,2,4-6,8,10-11H2/t13-,17-/m0/s1. The zero-order chi connectivity index (χ0) is 14.2. The first-order valence-corrected chi connectivity index (χ1v) is 8.21. The number of piperidine rings is 1. The van der Waals surface area contributed by atoms with E-state index in [1.54, 1.807) is 0 Å². The second kappa shape index (κ2) is 5.21. The molecule has 2 atom stereocenters. The van der Waals surface area contributed by atoms with Gasteiger partial charge in [0.2, 0.25) is 0 Å². The van der Waals surface area contributed by atoms with Crippen LogP contribution in [-0.4, -0.2) is 28.4 Å². The molecule has 0 radical (unpaired) electrons. The number of hydrogen-bond donors (Lipinski definition) is 1. The van der Waals surface area contributed by atoms with E-state index in [1.165, 1.54) is 32.1 Å². The van der Waals surface area contributed by atoms with Gasteiger partial charge in [-0.05, 0) is 43.7 Å². The van der Waals surface area contributed by atoms with Crippen molar-refractivity contribution in [2.75, 3.05) is 6.54 Å². The molecule has 1 N–H and O–H groups in total. The third kappa shape index (κ3) is 2.25. The molecule has 1 saturated heterocycles. The van der Waals surface area contributed by atoms with Crippen molar-refractivity contribution in [2.45, 2.75) is 44.6 Å². The summed E-state index contributed by atoms with van der Waals surface area (Å²) in [4.78, 5) is 18.4. The van der Waals surface area contributed by atoms with Crippen molar-refractivity contribution in [2.24, 2.45) is 5.92 Å². The lowest BCUT2D eigenvalue weighted by Crippen LogP contribution is -2.49. The van der Waals surface area contributed by atoms with Crippen LogP contribution in [0.3, 0.4) is 0 Å². The van der Waals surface area contributed by atoms with E-state index in [2.05, 4.69) is 16.0 Å². The first-order valence-electron chi connectivity index (χ1n) is 8.21. The number of nitrogens with one attached hydrogen (secondary N) is 1. The summed E-state index contributed by atoms with van der Waals surface area (Å²) >= 11 is 0. The molecule has 110 valence electrons. The third-order valence-electron chi connectivity index (χ3n) is 5.26. The van der Waals surface area contributed by atoms with E-state index in [4.69, 9.17) is 0 Å². The van der Waals surface area contributed by atoms with Crippen LogP contribution in [0.5, 0.6) is 0 Å². The van der Waals surface area contributed by atoms with Gasteiger partial charge in [0, 0.05) is 23.5 Å². The maximum Gasteiger partial charge on any atom is 0.270 e. The molecule has 1 aromatic carbocycles. The Labute approximate surface area is 125 Å². The third-order valence-corrected chi connectivity index (χ3v) is 5.26. The van der Waals surface area contributed by atoms with Crippen molar-refractivity contribution in [3.63, 3.8) is 0 Å². The quantitative estimate of drug-likeness (QED) is 0.844. The van der Waals surface area contributed by atoms with Crippen molar-refractivity contribution in [1.29, 1.82) is 0 Å². The molecule has 3 nitrogen and oxygen atoms in total. The molecule has 1 saturated carbocycles. The minimum Gasteiger partial charge on any atom is -0.351 e. The van der Waals surface area contributed by atoms with Gasteiger partial charge in [0.05, 0.1) is 0 Å². The molecule has 0 bridgehead atoms. The number of hydrogen-bond acceptors (Lipinski definition) is 1. The van der Waals surface area contributed by atoms with Crippen molar-refractivity contribution in [1.82, 2.24) is 9.88 Å². The summed E-state index contributed by atoms with van der Waals surface area (Å²) in [5, 5.41) is 1.12. The fourth-order valence-electron chi connectivity index (χ4n) is 4.22. The number of amides is 1. The van der Waals surface area contributed by atoms with Crippen molar-refractivity contribution in [3.05, 3.63) is 36.0 Å². The summed E-state index contributed by atoms with van der Waals surface area (Å²) in [6, 6.07) is 10.6. The summed E-state index contributed by atoms with van der Waals surface area (Å²) in [6.45, 7) is 0.926.